The van der Waals surface area contributed by atoms with Crippen LogP contribution in [0.3, 0.4) is 0 Å². The Morgan fingerprint density at radius 3 is 2.48 bits per heavy atom. The molecule has 0 heterocycles. The van der Waals surface area contributed by atoms with Crippen molar-refractivity contribution in [1.29, 1.82) is 0 Å². The second-order valence-electron chi connectivity index (χ2n) is 5.48. The summed E-state index contributed by atoms with van der Waals surface area (Å²) in [7, 11) is 0. The van der Waals surface area contributed by atoms with E-state index in [1.165, 1.54) is 12.1 Å². The molecule has 2 rings (SSSR count). The van der Waals surface area contributed by atoms with E-state index >= 15 is 0 Å². The molecule has 1 amide bonds. The average Bonchev–Trinajstić information content (AvgIpc) is 3.29. The maximum absolute atomic E-state index is 13.1. The molecule has 0 N–H and O–H groups in total. The van der Waals surface area contributed by atoms with Crippen LogP contribution in [0.4, 0.5) is 13.2 Å². The lowest BCUT2D eigenvalue weighted by atomic mass is 10.1. The molecule has 1 fully saturated rings. The van der Waals surface area contributed by atoms with E-state index in [-0.39, 0.29) is 25.6 Å². The van der Waals surface area contributed by atoms with E-state index in [1.54, 1.807) is 6.92 Å². The van der Waals surface area contributed by atoms with Gasteiger partial charge in [0.2, 0.25) is 0 Å². The first-order valence-corrected chi connectivity index (χ1v) is 7.44. The van der Waals surface area contributed by atoms with E-state index in [9.17, 15) is 22.8 Å². The van der Waals surface area contributed by atoms with Gasteiger partial charge in [0.25, 0.3) is 5.91 Å². The Morgan fingerprint density at radius 1 is 1.26 bits per heavy atom. The molecule has 0 aliphatic heterocycles. The maximum Gasteiger partial charge on any atom is 0.417 e. The molecule has 126 valence electrons. The molecule has 1 aromatic carbocycles. The van der Waals surface area contributed by atoms with Gasteiger partial charge in [-0.15, -0.1) is 0 Å². The molecular formula is C16H18F3NO3. The number of halogens is 3. The van der Waals surface area contributed by atoms with Crippen LogP contribution in [0, 0.1) is 5.92 Å². The van der Waals surface area contributed by atoms with Crippen LogP contribution in [0.5, 0.6) is 0 Å². The smallest absolute Gasteiger partial charge is 0.417 e. The normalized spacial score (nSPS) is 14.4. The summed E-state index contributed by atoms with van der Waals surface area (Å²) in [6.45, 7) is 1.71. The molecule has 0 atom stereocenters. The first-order chi connectivity index (χ1) is 10.8. The van der Waals surface area contributed by atoms with Crippen LogP contribution >= 0.6 is 0 Å². The van der Waals surface area contributed by atoms with Crippen molar-refractivity contribution in [3.63, 3.8) is 0 Å². The topological polar surface area (TPSA) is 46.6 Å². The molecule has 1 saturated carbocycles. The molecule has 0 aromatic heterocycles. The molecule has 1 aromatic rings. The minimum atomic E-state index is -4.62. The van der Waals surface area contributed by atoms with Gasteiger partial charge >= 0.3 is 12.1 Å². The molecule has 4 nitrogen and oxygen atoms in total. The summed E-state index contributed by atoms with van der Waals surface area (Å²) in [6, 6.07) is 4.61. The summed E-state index contributed by atoms with van der Waals surface area (Å²) >= 11 is 0. The van der Waals surface area contributed by atoms with Gasteiger partial charge in [-0.25, -0.2) is 0 Å². The highest BCUT2D eigenvalue weighted by Gasteiger charge is 2.37. The molecule has 23 heavy (non-hydrogen) atoms. The van der Waals surface area contributed by atoms with Crippen molar-refractivity contribution >= 4 is 11.9 Å². The summed E-state index contributed by atoms with van der Waals surface area (Å²) in [5.74, 6) is -1.17. The van der Waals surface area contributed by atoms with E-state index in [1.807, 2.05) is 0 Å². The number of amides is 1. The second-order valence-corrected chi connectivity index (χ2v) is 5.48. The quantitative estimate of drug-likeness (QED) is 0.754. The largest absolute Gasteiger partial charge is 0.465 e. The molecule has 7 heteroatoms. The number of alkyl halides is 3. The number of esters is 1. The number of benzene rings is 1. The zero-order valence-corrected chi connectivity index (χ0v) is 12.7. The number of rotatable bonds is 6. The van der Waals surface area contributed by atoms with Crippen LogP contribution < -0.4 is 0 Å². The fourth-order valence-electron chi connectivity index (χ4n) is 2.28. The molecule has 0 spiro atoms. The first-order valence-electron chi connectivity index (χ1n) is 7.44. The molecule has 0 saturated heterocycles. The van der Waals surface area contributed by atoms with Crippen LogP contribution in [0.2, 0.25) is 0 Å². The summed E-state index contributed by atoms with van der Waals surface area (Å²) < 4.78 is 44.0. The summed E-state index contributed by atoms with van der Waals surface area (Å²) in [5.41, 5.74) is -1.43. The van der Waals surface area contributed by atoms with Gasteiger partial charge in [-0.1, -0.05) is 12.1 Å². The zero-order chi connectivity index (χ0) is 17.0. The lowest BCUT2D eigenvalue weighted by Gasteiger charge is -2.23. The van der Waals surface area contributed by atoms with E-state index in [0.717, 1.165) is 29.9 Å². The van der Waals surface area contributed by atoms with Crippen molar-refractivity contribution in [2.24, 2.45) is 5.92 Å². The van der Waals surface area contributed by atoms with Gasteiger partial charge in [-0.05, 0) is 37.8 Å². The highest BCUT2D eigenvalue weighted by Crippen LogP contribution is 2.34. The van der Waals surface area contributed by atoms with E-state index in [2.05, 4.69) is 0 Å². The van der Waals surface area contributed by atoms with Crippen molar-refractivity contribution in [2.45, 2.75) is 25.9 Å². The van der Waals surface area contributed by atoms with E-state index < -0.39 is 29.2 Å². The minimum Gasteiger partial charge on any atom is -0.465 e. The predicted octanol–water partition coefficient (Wildman–Crippen LogP) is 3.12. The van der Waals surface area contributed by atoms with Gasteiger partial charge in [0.1, 0.15) is 6.54 Å². The lowest BCUT2D eigenvalue weighted by Crippen LogP contribution is -2.38. The summed E-state index contributed by atoms with van der Waals surface area (Å²) in [5, 5.41) is 0. The highest BCUT2D eigenvalue weighted by molar-refractivity contribution is 5.97. The van der Waals surface area contributed by atoms with Crippen molar-refractivity contribution in [3.8, 4) is 0 Å². The highest BCUT2D eigenvalue weighted by atomic mass is 19.4. The monoisotopic (exact) mass is 329 g/mol. The van der Waals surface area contributed by atoms with Crippen LogP contribution in [0.25, 0.3) is 0 Å². The van der Waals surface area contributed by atoms with Crippen LogP contribution in [0.15, 0.2) is 24.3 Å². The van der Waals surface area contributed by atoms with Crippen LogP contribution in [0.1, 0.15) is 35.7 Å². The Bertz CT molecular complexity index is 582. The van der Waals surface area contributed by atoms with Gasteiger partial charge < -0.3 is 9.64 Å². The molecule has 0 bridgehead atoms. The SMILES string of the molecule is CCOC(=O)CN(CC1CC1)C(=O)c1ccccc1C(F)(F)F. The fourth-order valence-corrected chi connectivity index (χ4v) is 2.28. The number of carbonyl (C=O) groups is 2. The maximum atomic E-state index is 13.1. The number of ether oxygens (including phenoxy) is 1. The lowest BCUT2D eigenvalue weighted by molar-refractivity contribution is -0.143. The molecule has 1 aliphatic rings. The number of nitrogens with zero attached hydrogens (tertiary/aromatic N) is 1. The molecule has 0 radical (unpaired) electrons. The first kappa shape index (κ1) is 17.3. The third-order valence-corrected chi connectivity index (χ3v) is 3.55. The van der Waals surface area contributed by atoms with Gasteiger partial charge in [-0.2, -0.15) is 13.2 Å². The fraction of sp³-hybridized carbons (Fsp3) is 0.500. The molecule has 0 unspecified atom stereocenters. The second kappa shape index (κ2) is 7.02. The Morgan fingerprint density at radius 2 is 1.91 bits per heavy atom. The summed E-state index contributed by atoms with van der Waals surface area (Å²) in [4.78, 5) is 25.3. The Kier molecular flexibility index (Phi) is 5.28. The van der Waals surface area contributed by atoms with Gasteiger partial charge in [0, 0.05) is 6.54 Å². The van der Waals surface area contributed by atoms with Crippen molar-refractivity contribution in [2.75, 3.05) is 19.7 Å². The van der Waals surface area contributed by atoms with Gasteiger partial charge in [-0.3, -0.25) is 9.59 Å². The molecular weight excluding hydrogens is 311 g/mol. The van der Waals surface area contributed by atoms with E-state index in [4.69, 9.17) is 4.74 Å². The number of hydrogen-bond donors (Lipinski definition) is 0. The molecule has 1 aliphatic carbocycles. The van der Waals surface area contributed by atoms with E-state index in [0.29, 0.717) is 0 Å². The van der Waals surface area contributed by atoms with Crippen LogP contribution in [-0.4, -0.2) is 36.5 Å². The minimum absolute atomic E-state index is 0.156. The third kappa shape index (κ3) is 4.71. The third-order valence-electron chi connectivity index (χ3n) is 3.55. The standard InChI is InChI=1S/C16H18F3NO3/c1-2-23-14(21)10-20(9-11-7-8-11)15(22)12-5-3-4-6-13(12)16(17,18)19/h3-6,11H,2,7-10H2,1H3. The van der Waals surface area contributed by atoms with Crippen molar-refractivity contribution < 1.29 is 27.5 Å². The summed E-state index contributed by atoms with van der Waals surface area (Å²) in [6.07, 6.45) is -2.80. The van der Waals surface area contributed by atoms with Crippen LogP contribution in [-0.2, 0) is 15.7 Å². The predicted molar refractivity (Wildman–Crippen MR) is 76.7 cm³/mol. The average molecular weight is 329 g/mol. The van der Waals surface area contributed by atoms with Crippen molar-refractivity contribution in [3.05, 3.63) is 35.4 Å². The van der Waals surface area contributed by atoms with Crippen molar-refractivity contribution in [1.82, 2.24) is 4.90 Å². The van der Waals surface area contributed by atoms with Gasteiger partial charge in [0.05, 0.1) is 17.7 Å². The number of carbonyl (C=O) groups excluding carboxylic acids is 2. The Balaban J connectivity index is 2.24. The Hall–Kier alpha value is -2.05. The van der Waals surface area contributed by atoms with Gasteiger partial charge in [0.15, 0.2) is 0 Å². The zero-order valence-electron chi connectivity index (χ0n) is 12.7. The Labute approximate surface area is 132 Å². The number of hydrogen-bond acceptors (Lipinski definition) is 3.